The van der Waals surface area contributed by atoms with E-state index < -0.39 is 32.3 Å². The Kier molecular flexibility index (Phi) is 12.7. The van der Waals surface area contributed by atoms with E-state index in [1.54, 1.807) is 0 Å². The van der Waals surface area contributed by atoms with E-state index >= 15 is 0 Å². The molecule has 332 valence electrons. The number of H-pyrrole nitrogens is 2. The predicted molar refractivity (Wildman–Crippen MR) is 242 cm³/mol. The SMILES string of the molecule is COC(=O)N[C@H](C(=O)N1CCC[C@H]1c1ncc(-c2ccc(-c3ccc(-c4cnc([C@@H]5C[Si](C)(C)CN5C(=O)[C@@H](NC(=O)OC)C5CCOCC5)[nH]4)cc3)c3ccccc23)[nH]1)C(C)C. The molecule has 3 fully saturated rings. The van der Waals surface area contributed by atoms with Crippen molar-refractivity contribution in [3.63, 3.8) is 0 Å². The van der Waals surface area contributed by atoms with E-state index in [1.807, 2.05) is 48.2 Å². The van der Waals surface area contributed by atoms with E-state index in [0.29, 0.717) is 38.8 Å². The highest BCUT2D eigenvalue weighted by atomic mass is 28.3. The van der Waals surface area contributed by atoms with Crippen LogP contribution in [0.3, 0.4) is 0 Å². The standard InChI is InChI=1S/C47H58N8O7Si/c1-28(2)40(52-46(58)60-3)44(56)54-21-9-12-38(54)42-49-25-37(51-42)35-18-17-32(33-10-7-8-11-34(33)35)29-13-15-30(16-14-29)36-24-48-43(50-36)39-26-63(5,6)27-55(39)45(57)41(53-47(59)61-4)31-19-22-62-23-20-31/h7-8,10-11,13-18,24-25,28,31,38-41H,9,12,19-23,26-27H2,1-6H3,(H,48,50)(H,49,51)(H,52,58)(H,53,59)/t38-,39-,40-,41-/m0/s1. The summed E-state index contributed by atoms with van der Waals surface area (Å²) in [5.41, 5.74) is 5.85. The van der Waals surface area contributed by atoms with Crippen LogP contribution in [0.4, 0.5) is 9.59 Å². The number of imidazole rings is 2. The topological polar surface area (TPSA) is 184 Å². The molecule has 8 rings (SSSR count). The first-order valence-electron chi connectivity index (χ1n) is 22.0. The van der Waals surface area contributed by atoms with Crippen molar-refractivity contribution in [2.24, 2.45) is 11.8 Å². The van der Waals surface area contributed by atoms with Crippen LogP contribution in [-0.2, 0) is 23.8 Å². The molecule has 0 radical (unpaired) electrons. The third kappa shape index (κ3) is 9.09. The zero-order chi connectivity index (χ0) is 44.4. The summed E-state index contributed by atoms with van der Waals surface area (Å²) >= 11 is 0. The number of alkyl carbamates (subject to hydrolysis) is 2. The maximum absolute atomic E-state index is 14.3. The first-order valence-corrected chi connectivity index (χ1v) is 25.4. The van der Waals surface area contributed by atoms with Gasteiger partial charge in [-0.1, -0.05) is 87.6 Å². The van der Waals surface area contributed by atoms with Gasteiger partial charge >= 0.3 is 12.2 Å². The molecular weight excluding hydrogens is 817 g/mol. The van der Waals surface area contributed by atoms with E-state index in [0.717, 1.165) is 74.9 Å². The lowest BCUT2D eigenvalue weighted by atomic mass is 9.90. The van der Waals surface area contributed by atoms with Gasteiger partial charge in [0.05, 0.1) is 58.2 Å². The van der Waals surface area contributed by atoms with Crippen LogP contribution in [0.2, 0.25) is 19.1 Å². The highest BCUT2D eigenvalue weighted by Crippen LogP contribution is 2.40. The molecule has 4 N–H and O–H groups in total. The molecule has 0 unspecified atom stereocenters. The fourth-order valence-electron chi connectivity index (χ4n) is 9.64. The molecule has 63 heavy (non-hydrogen) atoms. The Hall–Kier alpha value is -6.00. The van der Waals surface area contributed by atoms with Crippen LogP contribution < -0.4 is 10.6 Å². The van der Waals surface area contributed by atoms with Gasteiger partial charge in [-0.3, -0.25) is 9.59 Å². The average molecular weight is 875 g/mol. The second kappa shape index (κ2) is 18.4. The molecule has 5 aromatic rings. The van der Waals surface area contributed by atoms with Crippen LogP contribution in [0.5, 0.6) is 0 Å². The third-order valence-electron chi connectivity index (χ3n) is 12.9. The summed E-state index contributed by atoms with van der Waals surface area (Å²) in [7, 11) is 0.810. The molecule has 2 aromatic heterocycles. The number of rotatable bonds is 11. The number of methoxy groups -OCH3 is 2. The van der Waals surface area contributed by atoms with E-state index in [-0.39, 0.29) is 35.7 Å². The summed E-state index contributed by atoms with van der Waals surface area (Å²) in [5, 5.41) is 7.74. The number of ether oxygens (including phenoxy) is 3. The van der Waals surface area contributed by atoms with Crippen molar-refractivity contribution in [3.8, 4) is 33.6 Å². The lowest BCUT2D eigenvalue weighted by Gasteiger charge is -2.34. The summed E-state index contributed by atoms with van der Waals surface area (Å²) in [6, 6.07) is 20.0. The van der Waals surface area contributed by atoms with Crippen molar-refractivity contribution >= 4 is 42.8 Å². The van der Waals surface area contributed by atoms with Crippen LogP contribution in [0.15, 0.2) is 73.1 Å². The van der Waals surface area contributed by atoms with Gasteiger partial charge in [0, 0.05) is 31.5 Å². The van der Waals surface area contributed by atoms with E-state index in [4.69, 9.17) is 24.2 Å². The number of carbonyl (C=O) groups excluding carboxylic acids is 4. The van der Waals surface area contributed by atoms with Crippen molar-refractivity contribution in [2.75, 3.05) is 40.1 Å². The van der Waals surface area contributed by atoms with Gasteiger partial charge in [-0.05, 0) is 71.0 Å². The molecule has 4 amide bonds. The van der Waals surface area contributed by atoms with Gasteiger partial charge in [-0.15, -0.1) is 0 Å². The molecule has 3 aliphatic rings. The van der Waals surface area contributed by atoms with Gasteiger partial charge in [-0.2, -0.15) is 0 Å². The molecule has 0 spiro atoms. The number of benzene rings is 3. The lowest BCUT2D eigenvalue weighted by Crippen LogP contribution is -2.53. The first-order chi connectivity index (χ1) is 30.3. The third-order valence-corrected chi connectivity index (χ3v) is 15.6. The first kappa shape index (κ1) is 43.6. The van der Waals surface area contributed by atoms with Crippen LogP contribution in [0.25, 0.3) is 44.4 Å². The Morgan fingerprint density at radius 3 is 2.03 bits per heavy atom. The molecule has 3 aromatic carbocycles. The molecule has 16 heteroatoms. The number of nitrogens with zero attached hydrogens (tertiary/aromatic N) is 4. The Morgan fingerprint density at radius 2 is 1.35 bits per heavy atom. The van der Waals surface area contributed by atoms with Gasteiger partial charge in [0.25, 0.3) is 0 Å². The van der Waals surface area contributed by atoms with Gasteiger partial charge in [0.2, 0.25) is 11.8 Å². The summed E-state index contributed by atoms with van der Waals surface area (Å²) in [6.45, 7) is 10.1. The fraction of sp³-hybridized carbons (Fsp3) is 0.447. The number of hydrogen-bond donors (Lipinski definition) is 4. The zero-order valence-corrected chi connectivity index (χ0v) is 37.9. The molecule has 15 nitrogen and oxygen atoms in total. The largest absolute Gasteiger partial charge is 0.453 e. The predicted octanol–water partition coefficient (Wildman–Crippen LogP) is 7.61. The number of amides is 4. The Morgan fingerprint density at radius 1 is 0.746 bits per heavy atom. The minimum Gasteiger partial charge on any atom is -0.453 e. The number of likely N-dealkylation sites (tertiary alicyclic amines) is 1. The van der Waals surface area contributed by atoms with Crippen molar-refractivity contribution in [2.45, 2.75) is 82.8 Å². The van der Waals surface area contributed by atoms with E-state index in [1.165, 1.54) is 14.2 Å². The number of fused-ring (bicyclic) bond motifs is 1. The van der Waals surface area contributed by atoms with Gasteiger partial charge in [0.1, 0.15) is 23.7 Å². The van der Waals surface area contributed by atoms with Gasteiger partial charge in [-0.25, -0.2) is 19.6 Å². The highest BCUT2D eigenvalue weighted by molar-refractivity contribution is 6.78. The second-order valence-corrected chi connectivity index (χ2v) is 23.2. The van der Waals surface area contributed by atoms with Crippen LogP contribution in [0, 0.1) is 11.8 Å². The van der Waals surface area contributed by atoms with E-state index in [9.17, 15) is 19.2 Å². The number of hydrogen-bond acceptors (Lipinski definition) is 9. The fourth-order valence-corrected chi connectivity index (χ4v) is 12.5. The quantitative estimate of drug-likeness (QED) is 0.0971. The van der Waals surface area contributed by atoms with Crippen LogP contribution in [0.1, 0.15) is 63.3 Å². The Bertz CT molecular complexity index is 2460. The average Bonchev–Trinajstić information content (AvgIpc) is 4.13. The number of nitrogens with one attached hydrogen (secondary N) is 4. The summed E-state index contributed by atoms with van der Waals surface area (Å²) in [6.07, 6.45) is 6.10. The minimum absolute atomic E-state index is 0.0387. The molecule has 0 saturated carbocycles. The van der Waals surface area contributed by atoms with Crippen molar-refractivity contribution < 1.29 is 33.4 Å². The maximum atomic E-state index is 14.3. The normalized spacial score (nSPS) is 19.9. The summed E-state index contributed by atoms with van der Waals surface area (Å²) in [5.74, 6) is 1.07. The summed E-state index contributed by atoms with van der Waals surface area (Å²) in [4.78, 5) is 73.1. The lowest BCUT2D eigenvalue weighted by molar-refractivity contribution is -0.136. The van der Waals surface area contributed by atoms with Crippen molar-refractivity contribution in [1.29, 1.82) is 0 Å². The highest BCUT2D eigenvalue weighted by Gasteiger charge is 2.47. The van der Waals surface area contributed by atoms with Gasteiger partial charge < -0.3 is 44.6 Å². The smallest absolute Gasteiger partial charge is 0.407 e. The Labute approximate surface area is 368 Å². The molecule has 0 bridgehead atoms. The van der Waals surface area contributed by atoms with Crippen molar-refractivity contribution in [3.05, 3.63) is 84.7 Å². The molecular formula is C47H58N8O7Si. The monoisotopic (exact) mass is 874 g/mol. The minimum atomic E-state index is -1.80. The molecule has 5 heterocycles. The van der Waals surface area contributed by atoms with Crippen LogP contribution in [-0.4, -0.2) is 114 Å². The zero-order valence-electron chi connectivity index (χ0n) is 36.9. The molecule has 4 atom stereocenters. The number of aromatic nitrogens is 4. The van der Waals surface area contributed by atoms with Crippen molar-refractivity contribution in [1.82, 2.24) is 40.4 Å². The van der Waals surface area contributed by atoms with Crippen LogP contribution >= 0.6 is 0 Å². The van der Waals surface area contributed by atoms with E-state index in [2.05, 4.69) is 82.2 Å². The van der Waals surface area contributed by atoms with Gasteiger partial charge in [0.15, 0.2) is 0 Å². The second-order valence-electron chi connectivity index (χ2n) is 18.1. The summed E-state index contributed by atoms with van der Waals surface area (Å²) < 4.78 is 15.3. The number of carbonyl (C=O) groups is 4. The Balaban J connectivity index is 1.01. The molecule has 3 saturated heterocycles. The maximum Gasteiger partial charge on any atom is 0.407 e. The molecule has 0 aliphatic carbocycles. The number of aromatic amines is 2. The molecule has 3 aliphatic heterocycles.